The number of benzene rings is 1. The van der Waals surface area contributed by atoms with Crippen LogP contribution in [0.1, 0.15) is 38.8 Å². The van der Waals surface area contributed by atoms with Crippen molar-refractivity contribution in [3.63, 3.8) is 0 Å². The monoisotopic (exact) mass is 279 g/mol. The van der Waals surface area contributed by atoms with Gasteiger partial charge in [0.15, 0.2) is 6.61 Å². The molecule has 0 unspecified atom stereocenters. The minimum absolute atomic E-state index is 0.0578. The summed E-state index contributed by atoms with van der Waals surface area (Å²) in [7, 11) is 0. The van der Waals surface area contributed by atoms with Crippen molar-refractivity contribution in [2.45, 2.75) is 53.3 Å². The van der Waals surface area contributed by atoms with Crippen LogP contribution < -0.4 is 10.1 Å². The first-order valence-electron chi connectivity index (χ1n) is 7.04. The van der Waals surface area contributed by atoms with Crippen molar-refractivity contribution in [3.8, 4) is 5.75 Å². The Morgan fingerprint density at radius 1 is 1.25 bits per heavy atom. The number of carbonyl (C=O) groups is 1. The lowest BCUT2D eigenvalue weighted by molar-refractivity contribution is -0.149. The van der Waals surface area contributed by atoms with Crippen molar-refractivity contribution in [1.29, 1.82) is 0 Å². The Labute approximate surface area is 121 Å². The predicted molar refractivity (Wildman–Crippen MR) is 79.9 cm³/mol. The van der Waals surface area contributed by atoms with Gasteiger partial charge in [-0.15, -0.1) is 0 Å². The topological polar surface area (TPSA) is 47.6 Å². The first-order chi connectivity index (χ1) is 9.40. The number of para-hydroxylation sites is 1. The van der Waals surface area contributed by atoms with E-state index in [1.165, 1.54) is 0 Å². The van der Waals surface area contributed by atoms with Gasteiger partial charge in [-0.1, -0.05) is 32.0 Å². The molecule has 4 nitrogen and oxygen atoms in total. The minimum Gasteiger partial charge on any atom is -0.481 e. The van der Waals surface area contributed by atoms with Gasteiger partial charge in [0.2, 0.25) is 0 Å². The van der Waals surface area contributed by atoms with Crippen molar-refractivity contribution >= 4 is 5.97 Å². The average Bonchev–Trinajstić information content (AvgIpc) is 2.34. The smallest absolute Gasteiger partial charge is 0.344 e. The van der Waals surface area contributed by atoms with Crippen LogP contribution >= 0.6 is 0 Å². The van der Waals surface area contributed by atoms with E-state index in [0.717, 1.165) is 16.9 Å². The average molecular weight is 279 g/mol. The lowest BCUT2D eigenvalue weighted by atomic mass is 10.1. The molecule has 0 heterocycles. The second-order valence-electron chi connectivity index (χ2n) is 5.43. The zero-order valence-electron chi connectivity index (χ0n) is 13.0. The molecular weight excluding hydrogens is 254 g/mol. The van der Waals surface area contributed by atoms with Gasteiger partial charge in [-0.25, -0.2) is 4.79 Å². The molecule has 1 rings (SSSR count). The van der Waals surface area contributed by atoms with E-state index in [9.17, 15) is 4.79 Å². The molecule has 4 heteroatoms. The number of carbonyl (C=O) groups excluding carboxylic acids is 1. The Morgan fingerprint density at radius 2 is 1.95 bits per heavy atom. The Morgan fingerprint density at radius 3 is 2.55 bits per heavy atom. The fourth-order valence-corrected chi connectivity index (χ4v) is 1.80. The summed E-state index contributed by atoms with van der Waals surface area (Å²) in [5, 5.41) is 3.35. The second-order valence-corrected chi connectivity index (χ2v) is 5.43. The Kier molecular flexibility index (Phi) is 6.52. The van der Waals surface area contributed by atoms with E-state index in [-0.39, 0.29) is 18.7 Å². The van der Waals surface area contributed by atoms with Crippen LogP contribution in [-0.2, 0) is 16.1 Å². The molecule has 0 aliphatic carbocycles. The maximum atomic E-state index is 11.6. The van der Waals surface area contributed by atoms with Crippen molar-refractivity contribution in [2.75, 3.05) is 6.61 Å². The molecule has 0 aromatic heterocycles. The van der Waals surface area contributed by atoms with Crippen LogP contribution in [0.25, 0.3) is 0 Å². The van der Waals surface area contributed by atoms with E-state index in [1.54, 1.807) is 0 Å². The Balaban J connectivity index is 2.70. The fourth-order valence-electron chi connectivity index (χ4n) is 1.80. The number of hydrogen-bond donors (Lipinski definition) is 1. The molecule has 1 aromatic carbocycles. The number of esters is 1. The minimum atomic E-state index is -0.342. The van der Waals surface area contributed by atoms with E-state index in [2.05, 4.69) is 19.2 Å². The van der Waals surface area contributed by atoms with Gasteiger partial charge in [0, 0.05) is 18.2 Å². The SMILES string of the molecule is Cc1cccc(CNC(C)C)c1OCC(=O)OC(C)C. The highest BCUT2D eigenvalue weighted by Gasteiger charge is 2.11. The molecule has 0 aliphatic heterocycles. The normalized spacial score (nSPS) is 10.9. The van der Waals surface area contributed by atoms with E-state index in [4.69, 9.17) is 9.47 Å². The summed E-state index contributed by atoms with van der Waals surface area (Å²) in [6, 6.07) is 6.37. The third-order valence-electron chi connectivity index (χ3n) is 2.70. The first-order valence-corrected chi connectivity index (χ1v) is 7.04. The standard InChI is InChI=1S/C16H25NO3/c1-11(2)17-9-14-8-6-7-13(5)16(14)19-10-15(18)20-12(3)4/h6-8,11-12,17H,9-10H2,1-5H3. The third-order valence-corrected chi connectivity index (χ3v) is 2.70. The summed E-state index contributed by atoms with van der Waals surface area (Å²) in [6.45, 7) is 10.5. The third kappa shape index (κ3) is 5.61. The largest absolute Gasteiger partial charge is 0.481 e. The number of rotatable bonds is 7. The molecule has 0 spiro atoms. The molecule has 0 bridgehead atoms. The van der Waals surface area contributed by atoms with Gasteiger partial charge in [-0.3, -0.25) is 0 Å². The molecule has 0 saturated carbocycles. The molecule has 0 fully saturated rings. The van der Waals surface area contributed by atoms with Crippen LogP contribution in [0.4, 0.5) is 0 Å². The van der Waals surface area contributed by atoms with Crippen molar-refractivity contribution in [1.82, 2.24) is 5.32 Å². The van der Waals surface area contributed by atoms with Crippen LogP contribution in [0, 0.1) is 6.92 Å². The van der Waals surface area contributed by atoms with Gasteiger partial charge in [-0.05, 0) is 26.3 Å². The molecule has 20 heavy (non-hydrogen) atoms. The molecule has 0 aliphatic rings. The highest BCUT2D eigenvalue weighted by atomic mass is 16.6. The number of nitrogens with one attached hydrogen (secondary N) is 1. The van der Waals surface area contributed by atoms with Crippen LogP contribution in [0.5, 0.6) is 5.75 Å². The molecular formula is C16H25NO3. The Bertz CT molecular complexity index is 441. The fraction of sp³-hybridized carbons (Fsp3) is 0.562. The van der Waals surface area contributed by atoms with Crippen molar-refractivity contribution < 1.29 is 14.3 Å². The van der Waals surface area contributed by atoms with Crippen LogP contribution in [0.15, 0.2) is 18.2 Å². The summed E-state index contributed by atoms with van der Waals surface area (Å²) in [5.74, 6) is 0.423. The van der Waals surface area contributed by atoms with Gasteiger partial charge in [-0.2, -0.15) is 0 Å². The predicted octanol–water partition coefficient (Wildman–Crippen LogP) is 2.82. The summed E-state index contributed by atoms with van der Waals surface area (Å²) >= 11 is 0. The van der Waals surface area contributed by atoms with E-state index < -0.39 is 0 Å². The molecule has 0 atom stereocenters. The summed E-state index contributed by atoms with van der Waals surface area (Å²) in [6.07, 6.45) is -0.120. The second kappa shape index (κ2) is 7.90. The lowest BCUT2D eigenvalue weighted by Gasteiger charge is -2.16. The van der Waals surface area contributed by atoms with Gasteiger partial charge >= 0.3 is 5.97 Å². The van der Waals surface area contributed by atoms with Crippen LogP contribution in [0.3, 0.4) is 0 Å². The highest BCUT2D eigenvalue weighted by Crippen LogP contribution is 2.23. The van der Waals surface area contributed by atoms with Gasteiger partial charge in [0.25, 0.3) is 0 Å². The molecule has 1 aromatic rings. The molecule has 0 saturated heterocycles. The number of hydrogen-bond acceptors (Lipinski definition) is 4. The highest BCUT2D eigenvalue weighted by molar-refractivity contribution is 5.71. The quantitative estimate of drug-likeness (QED) is 0.780. The van der Waals surface area contributed by atoms with Crippen LogP contribution in [0.2, 0.25) is 0 Å². The van der Waals surface area contributed by atoms with Gasteiger partial charge in [0.05, 0.1) is 6.10 Å². The van der Waals surface area contributed by atoms with Crippen LogP contribution in [-0.4, -0.2) is 24.7 Å². The maximum Gasteiger partial charge on any atom is 0.344 e. The van der Waals surface area contributed by atoms with E-state index in [1.807, 2.05) is 39.0 Å². The molecule has 0 amide bonds. The lowest BCUT2D eigenvalue weighted by Crippen LogP contribution is -2.23. The van der Waals surface area contributed by atoms with Crippen molar-refractivity contribution in [3.05, 3.63) is 29.3 Å². The van der Waals surface area contributed by atoms with Gasteiger partial charge in [0.1, 0.15) is 5.75 Å². The zero-order chi connectivity index (χ0) is 15.1. The summed E-state index contributed by atoms with van der Waals surface area (Å²) < 4.78 is 10.7. The molecule has 1 N–H and O–H groups in total. The van der Waals surface area contributed by atoms with Crippen molar-refractivity contribution in [2.24, 2.45) is 0 Å². The number of ether oxygens (including phenoxy) is 2. The van der Waals surface area contributed by atoms with E-state index >= 15 is 0 Å². The first kappa shape index (κ1) is 16.5. The molecule has 0 radical (unpaired) electrons. The number of aryl methyl sites for hydroxylation is 1. The maximum absolute atomic E-state index is 11.6. The van der Waals surface area contributed by atoms with E-state index in [0.29, 0.717) is 12.6 Å². The van der Waals surface area contributed by atoms with Gasteiger partial charge < -0.3 is 14.8 Å². The summed E-state index contributed by atoms with van der Waals surface area (Å²) in [5.41, 5.74) is 2.07. The Hall–Kier alpha value is -1.55. The molecule has 112 valence electrons. The zero-order valence-corrected chi connectivity index (χ0v) is 13.0. The summed E-state index contributed by atoms with van der Waals surface area (Å²) in [4.78, 5) is 11.6.